The molecule has 2 N–H and O–H groups in total. The van der Waals surface area contributed by atoms with Crippen LogP contribution in [0.1, 0.15) is 6.42 Å². The number of nitrogens with zero attached hydrogens (tertiary/aromatic N) is 2. The molecule has 0 spiro atoms. The van der Waals surface area contributed by atoms with Gasteiger partial charge in [-0.05, 0) is 0 Å². The topological polar surface area (TPSA) is 82.1 Å². The molecule has 0 aliphatic carbocycles. The number of hydrazine groups is 1. The summed E-state index contributed by atoms with van der Waals surface area (Å²) in [7, 11) is 4.84. The molecule has 1 aliphatic rings. The maximum Gasteiger partial charge on any atom is 0.332 e. The van der Waals surface area contributed by atoms with Crippen LogP contribution in [0, 0.1) is 0 Å². The fraction of sp³-hybridized carbons (Fsp3) is 0.778. The number of hydrogen-bond donors (Lipinski definition) is 2. The van der Waals surface area contributed by atoms with Crippen LogP contribution in [0.3, 0.4) is 0 Å². The number of nitrogens with one attached hydrogen (secondary N) is 1. The zero-order chi connectivity index (χ0) is 12.3. The fourth-order valence-corrected chi connectivity index (χ4v) is 1.68. The van der Waals surface area contributed by atoms with E-state index in [9.17, 15) is 9.59 Å². The zero-order valence-electron chi connectivity index (χ0n) is 9.64. The van der Waals surface area contributed by atoms with Crippen LogP contribution < -0.4 is 5.43 Å². The lowest BCUT2D eigenvalue weighted by molar-refractivity contribution is -0.141. The Bertz CT molecular complexity index is 282. The number of carbonyl (C=O) groups is 2. The van der Waals surface area contributed by atoms with Gasteiger partial charge in [-0.2, -0.15) is 0 Å². The molecule has 0 radical (unpaired) electrons. The van der Waals surface area contributed by atoms with Crippen LogP contribution >= 0.6 is 0 Å². The first-order valence-corrected chi connectivity index (χ1v) is 4.96. The van der Waals surface area contributed by atoms with Gasteiger partial charge in [0.25, 0.3) is 0 Å². The van der Waals surface area contributed by atoms with Crippen molar-refractivity contribution in [2.24, 2.45) is 0 Å². The third kappa shape index (κ3) is 2.83. The number of likely N-dealkylation sites (tertiary alicyclic amines) is 1. The van der Waals surface area contributed by atoms with Crippen molar-refractivity contribution < 1.29 is 19.4 Å². The van der Waals surface area contributed by atoms with Gasteiger partial charge in [0.15, 0.2) is 0 Å². The van der Waals surface area contributed by atoms with Gasteiger partial charge in [0, 0.05) is 34.2 Å². The molecule has 1 aliphatic heterocycles. The molecular formula is C9H17N3O4. The van der Waals surface area contributed by atoms with Crippen molar-refractivity contribution >= 4 is 12.0 Å². The first kappa shape index (κ1) is 12.7. The Kier molecular flexibility index (Phi) is 4.08. The zero-order valence-corrected chi connectivity index (χ0v) is 9.64. The minimum absolute atomic E-state index is 0.214. The van der Waals surface area contributed by atoms with Crippen molar-refractivity contribution in [2.45, 2.75) is 18.6 Å². The molecule has 2 unspecified atom stereocenters. The van der Waals surface area contributed by atoms with E-state index in [-0.39, 0.29) is 6.10 Å². The maximum atomic E-state index is 11.7. The number of carboxylic acid groups (broad SMARTS) is 1. The molecule has 7 heteroatoms. The molecule has 7 nitrogen and oxygen atoms in total. The average Bonchev–Trinajstić information content (AvgIpc) is 2.60. The highest BCUT2D eigenvalue weighted by Gasteiger charge is 2.39. The number of carboxylic acids is 1. The Balaban J connectivity index is 2.69. The molecule has 0 bridgehead atoms. The molecule has 0 aromatic carbocycles. The monoisotopic (exact) mass is 231 g/mol. The molecule has 0 saturated carbocycles. The highest BCUT2D eigenvalue weighted by Crippen LogP contribution is 2.20. The number of amides is 2. The van der Waals surface area contributed by atoms with E-state index in [1.165, 1.54) is 17.0 Å². The second-order valence-electron chi connectivity index (χ2n) is 3.91. The second kappa shape index (κ2) is 5.13. The Hall–Kier alpha value is -1.34. The van der Waals surface area contributed by atoms with Gasteiger partial charge in [0.1, 0.15) is 6.04 Å². The van der Waals surface area contributed by atoms with Gasteiger partial charge in [0.05, 0.1) is 6.10 Å². The minimum atomic E-state index is -1.01. The van der Waals surface area contributed by atoms with Gasteiger partial charge in [-0.15, -0.1) is 0 Å². The summed E-state index contributed by atoms with van der Waals surface area (Å²) in [5.74, 6) is -1.01. The van der Waals surface area contributed by atoms with Gasteiger partial charge < -0.3 is 14.7 Å². The summed E-state index contributed by atoms with van der Waals surface area (Å²) >= 11 is 0. The van der Waals surface area contributed by atoms with Crippen LogP contribution in [-0.4, -0.2) is 66.9 Å². The third-order valence-corrected chi connectivity index (χ3v) is 2.46. The van der Waals surface area contributed by atoms with E-state index in [0.717, 1.165) is 0 Å². The molecule has 1 fully saturated rings. The summed E-state index contributed by atoms with van der Waals surface area (Å²) in [6.07, 6.45) is 0.112. The molecule has 2 atom stereocenters. The lowest BCUT2D eigenvalue weighted by atomic mass is 10.2. The van der Waals surface area contributed by atoms with E-state index in [2.05, 4.69) is 5.43 Å². The van der Waals surface area contributed by atoms with Gasteiger partial charge in [-0.25, -0.2) is 14.6 Å². The number of urea groups is 1. The van der Waals surface area contributed by atoms with Crippen LogP contribution in [0.15, 0.2) is 0 Å². The second-order valence-corrected chi connectivity index (χ2v) is 3.91. The number of aliphatic carboxylic acids is 1. The van der Waals surface area contributed by atoms with Crippen LogP contribution in [0.5, 0.6) is 0 Å². The Morgan fingerprint density at radius 1 is 1.50 bits per heavy atom. The summed E-state index contributed by atoms with van der Waals surface area (Å²) in [5.41, 5.74) is 2.52. The van der Waals surface area contributed by atoms with Crippen molar-refractivity contribution in [3.8, 4) is 0 Å². The Morgan fingerprint density at radius 3 is 2.56 bits per heavy atom. The smallest absolute Gasteiger partial charge is 0.332 e. The lowest BCUT2D eigenvalue weighted by Gasteiger charge is -2.23. The molecule has 0 aromatic heterocycles. The third-order valence-electron chi connectivity index (χ3n) is 2.46. The molecular weight excluding hydrogens is 214 g/mol. The maximum absolute atomic E-state index is 11.7. The van der Waals surface area contributed by atoms with Crippen molar-refractivity contribution in [1.82, 2.24) is 15.3 Å². The van der Waals surface area contributed by atoms with E-state index in [4.69, 9.17) is 9.84 Å². The van der Waals surface area contributed by atoms with E-state index in [1.54, 1.807) is 14.1 Å². The van der Waals surface area contributed by atoms with Crippen molar-refractivity contribution in [1.29, 1.82) is 0 Å². The highest BCUT2D eigenvalue weighted by atomic mass is 16.5. The minimum Gasteiger partial charge on any atom is -0.480 e. The lowest BCUT2D eigenvalue weighted by Crippen LogP contribution is -2.50. The molecule has 1 rings (SSSR count). The summed E-state index contributed by atoms with van der Waals surface area (Å²) in [6, 6.07) is -1.23. The Morgan fingerprint density at radius 2 is 2.12 bits per heavy atom. The number of methoxy groups -OCH3 is 1. The van der Waals surface area contributed by atoms with E-state index >= 15 is 0 Å². The van der Waals surface area contributed by atoms with Crippen molar-refractivity contribution in [2.75, 3.05) is 27.7 Å². The molecule has 1 heterocycles. The van der Waals surface area contributed by atoms with E-state index in [0.29, 0.717) is 13.0 Å². The van der Waals surface area contributed by atoms with Crippen molar-refractivity contribution in [3.63, 3.8) is 0 Å². The van der Waals surface area contributed by atoms with Crippen LogP contribution in [-0.2, 0) is 9.53 Å². The summed E-state index contributed by atoms with van der Waals surface area (Å²) < 4.78 is 5.08. The van der Waals surface area contributed by atoms with E-state index in [1.807, 2.05) is 0 Å². The molecule has 2 amide bonds. The highest BCUT2D eigenvalue weighted by molar-refractivity contribution is 5.83. The molecule has 0 aromatic rings. The first-order chi connectivity index (χ1) is 7.45. The SMILES string of the molecule is COC1CC(C(=O)O)N(C(=O)NN(C)C)C1. The number of rotatable bonds is 3. The van der Waals surface area contributed by atoms with E-state index < -0.39 is 18.0 Å². The summed E-state index contributed by atoms with van der Waals surface area (Å²) in [4.78, 5) is 23.9. The largest absolute Gasteiger partial charge is 0.480 e. The normalized spacial score (nSPS) is 24.9. The van der Waals surface area contributed by atoms with Crippen molar-refractivity contribution in [3.05, 3.63) is 0 Å². The summed E-state index contributed by atoms with van der Waals surface area (Å²) in [6.45, 7) is 0.299. The average molecular weight is 231 g/mol. The summed E-state index contributed by atoms with van der Waals surface area (Å²) in [5, 5.41) is 10.5. The Labute approximate surface area is 93.9 Å². The fourth-order valence-electron chi connectivity index (χ4n) is 1.68. The number of ether oxygens (including phenoxy) is 1. The van der Waals surface area contributed by atoms with Gasteiger partial charge in [-0.1, -0.05) is 0 Å². The predicted molar refractivity (Wildman–Crippen MR) is 55.8 cm³/mol. The van der Waals surface area contributed by atoms with Gasteiger partial charge >= 0.3 is 12.0 Å². The molecule has 16 heavy (non-hydrogen) atoms. The van der Waals surface area contributed by atoms with Gasteiger partial charge in [-0.3, -0.25) is 5.43 Å². The van der Waals surface area contributed by atoms with Crippen LogP contribution in [0.2, 0.25) is 0 Å². The molecule has 92 valence electrons. The standard InChI is InChI=1S/C9H17N3O4/c1-11(2)10-9(15)12-5-6(16-3)4-7(12)8(13)14/h6-7H,4-5H2,1-3H3,(H,10,15)(H,13,14). The van der Waals surface area contributed by atoms with Crippen LogP contribution in [0.4, 0.5) is 4.79 Å². The quantitative estimate of drug-likeness (QED) is 0.630. The first-order valence-electron chi connectivity index (χ1n) is 4.96. The molecule has 1 saturated heterocycles. The predicted octanol–water partition coefficient (Wildman–Crippen LogP) is -0.653. The van der Waals surface area contributed by atoms with Gasteiger partial charge in [0.2, 0.25) is 0 Å². The number of hydrogen-bond acceptors (Lipinski definition) is 4. The van der Waals surface area contributed by atoms with Crippen LogP contribution in [0.25, 0.3) is 0 Å². The number of carbonyl (C=O) groups excluding carboxylic acids is 1.